The maximum Gasteiger partial charge on any atom is 0.416 e. The van der Waals surface area contributed by atoms with Crippen LogP contribution >= 0.6 is 0 Å². The van der Waals surface area contributed by atoms with Crippen molar-refractivity contribution in [3.8, 4) is 0 Å². The van der Waals surface area contributed by atoms with Gasteiger partial charge in [0, 0.05) is 12.6 Å². The number of hydrogen-bond acceptors (Lipinski definition) is 4. The van der Waals surface area contributed by atoms with Crippen molar-refractivity contribution in [2.75, 3.05) is 0 Å². The van der Waals surface area contributed by atoms with Crippen molar-refractivity contribution in [2.24, 2.45) is 0 Å². The first-order chi connectivity index (χ1) is 15.1. The summed E-state index contributed by atoms with van der Waals surface area (Å²) >= 11 is 0. The molecule has 5 nitrogen and oxygen atoms in total. The third-order valence-corrected chi connectivity index (χ3v) is 6.84. The lowest BCUT2D eigenvalue weighted by atomic mass is 10.1. The largest absolute Gasteiger partial charge is 0.455 e. The number of nitrogens with zero attached hydrogens (tertiary/aromatic N) is 1. The Kier molecular flexibility index (Phi) is 5.85. The Morgan fingerprint density at radius 3 is 2.22 bits per heavy atom. The summed E-state index contributed by atoms with van der Waals surface area (Å²) in [5.41, 5.74) is -0.183. The molecule has 1 aliphatic carbocycles. The lowest BCUT2D eigenvalue weighted by Gasteiger charge is -2.21. The molecule has 3 aromatic rings. The number of amides is 1. The highest BCUT2D eigenvalue weighted by Gasteiger charge is 2.35. The van der Waals surface area contributed by atoms with E-state index in [1.54, 1.807) is 23.1 Å². The van der Waals surface area contributed by atoms with Gasteiger partial charge in [0.2, 0.25) is 0 Å². The van der Waals surface area contributed by atoms with E-state index in [2.05, 4.69) is 0 Å². The van der Waals surface area contributed by atoms with Gasteiger partial charge in [-0.25, -0.2) is 8.42 Å². The van der Waals surface area contributed by atoms with Gasteiger partial charge < -0.3 is 9.32 Å². The number of furan rings is 1. The average Bonchev–Trinajstić information content (AvgIpc) is 3.50. The van der Waals surface area contributed by atoms with Gasteiger partial charge in [0.15, 0.2) is 15.6 Å². The molecule has 0 saturated heterocycles. The van der Waals surface area contributed by atoms with Crippen molar-refractivity contribution in [3.63, 3.8) is 0 Å². The van der Waals surface area contributed by atoms with E-state index in [9.17, 15) is 26.4 Å². The van der Waals surface area contributed by atoms with Crippen LogP contribution in [-0.4, -0.2) is 25.3 Å². The number of benzene rings is 2. The summed E-state index contributed by atoms with van der Waals surface area (Å²) in [4.78, 5) is 14.7. The number of carbonyl (C=O) groups excluding carboxylic acids is 1. The number of sulfone groups is 1. The minimum Gasteiger partial charge on any atom is -0.455 e. The van der Waals surface area contributed by atoms with Gasteiger partial charge in [-0.3, -0.25) is 4.79 Å². The quantitative estimate of drug-likeness (QED) is 0.490. The maximum absolute atomic E-state index is 13.0. The van der Waals surface area contributed by atoms with Gasteiger partial charge in [-0.1, -0.05) is 30.3 Å². The van der Waals surface area contributed by atoms with Crippen molar-refractivity contribution >= 4 is 15.7 Å². The van der Waals surface area contributed by atoms with Gasteiger partial charge in [-0.15, -0.1) is 0 Å². The zero-order valence-corrected chi connectivity index (χ0v) is 17.7. The van der Waals surface area contributed by atoms with E-state index in [4.69, 9.17) is 4.42 Å². The Bertz CT molecular complexity index is 1200. The van der Waals surface area contributed by atoms with Crippen LogP contribution in [0.4, 0.5) is 13.2 Å². The monoisotopic (exact) mass is 463 g/mol. The molecule has 1 amide bonds. The normalized spacial score (nSPS) is 14.3. The number of carbonyl (C=O) groups is 1. The maximum atomic E-state index is 13.0. The van der Waals surface area contributed by atoms with Gasteiger partial charge in [0.25, 0.3) is 5.91 Å². The van der Waals surface area contributed by atoms with Gasteiger partial charge in [-0.2, -0.15) is 13.2 Å². The highest BCUT2D eigenvalue weighted by atomic mass is 32.2. The topological polar surface area (TPSA) is 67.6 Å². The molecule has 0 atom stereocenters. The molecule has 0 aliphatic heterocycles. The van der Waals surface area contributed by atoms with E-state index in [0.717, 1.165) is 25.0 Å². The highest BCUT2D eigenvalue weighted by Crippen LogP contribution is 2.32. The minimum absolute atomic E-state index is 0.00192. The molecule has 4 rings (SSSR count). The third kappa shape index (κ3) is 5.04. The molecule has 1 fully saturated rings. The van der Waals surface area contributed by atoms with Crippen LogP contribution < -0.4 is 0 Å². The first kappa shape index (κ1) is 22.1. The highest BCUT2D eigenvalue weighted by molar-refractivity contribution is 7.90. The van der Waals surface area contributed by atoms with Crippen LogP contribution in [0, 0.1) is 0 Å². The Labute approximate surface area is 183 Å². The summed E-state index contributed by atoms with van der Waals surface area (Å²) < 4.78 is 69.0. The summed E-state index contributed by atoms with van der Waals surface area (Å²) in [5, 5.41) is 0. The summed E-state index contributed by atoms with van der Waals surface area (Å²) in [7, 11) is -3.63. The predicted octanol–water partition coefficient (Wildman–Crippen LogP) is 5.08. The molecular formula is C23H20F3NO4S. The molecule has 168 valence electrons. The molecule has 1 saturated carbocycles. The van der Waals surface area contributed by atoms with Crippen LogP contribution in [0.15, 0.2) is 76.0 Å². The van der Waals surface area contributed by atoms with E-state index in [0.29, 0.717) is 5.56 Å². The molecule has 32 heavy (non-hydrogen) atoms. The van der Waals surface area contributed by atoms with Crippen LogP contribution in [0.3, 0.4) is 0 Å². The fraction of sp³-hybridized carbons (Fsp3) is 0.261. The predicted molar refractivity (Wildman–Crippen MR) is 110 cm³/mol. The molecule has 1 aromatic heterocycles. The molecule has 1 aliphatic rings. The van der Waals surface area contributed by atoms with Gasteiger partial charge in [0.05, 0.1) is 10.5 Å². The van der Waals surface area contributed by atoms with Crippen molar-refractivity contribution in [2.45, 2.75) is 42.3 Å². The average molecular weight is 463 g/mol. The molecular weight excluding hydrogens is 443 g/mol. The Balaban J connectivity index is 1.48. The summed E-state index contributed by atoms with van der Waals surface area (Å²) in [6.45, 7) is 0.139. The molecule has 0 spiro atoms. The van der Waals surface area contributed by atoms with E-state index in [-0.39, 0.29) is 34.8 Å². The van der Waals surface area contributed by atoms with Crippen LogP contribution in [0.5, 0.6) is 0 Å². The molecule has 1 heterocycles. The first-order valence-corrected chi connectivity index (χ1v) is 11.6. The number of rotatable bonds is 7. The second-order valence-corrected chi connectivity index (χ2v) is 9.69. The fourth-order valence-corrected chi connectivity index (χ4v) is 4.63. The zero-order chi connectivity index (χ0) is 22.9. The number of alkyl halides is 3. The van der Waals surface area contributed by atoms with E-state index >= 15 is 0 Å². The second-order valence-electron chi connectivity index (χ2n) is 7.70. The van der Waals surface area contributed by atoms with E-state index in [1.807, 2.05) is 0 Å². The minimum atomic E-state index is -4.42. The van der Waals surface area contributed by atoms with E-state index < -0.39 is 27.5 Å². The Morgan fingerprint density at radius 1 is 0.969 bits per heavy atom. The van der Waals surface area contributed by atoms with Crippen molar-refractivity contribution < 1.29 is 30.8 Å². The lowest BCUT2D eigenvalue weighted by Crippen LogP contribution is -2.32. The van der Waals surface area contributed by atoms with Crippen molar-refractivity contribution in [3.05, 3.63) is 89.4 Å². The number of halogens is 3. The van der Waals surface area contributed by atoms with Crippen LogP contribution in [0.1, 0.15) is 40.3 Å². The van der Waals surface area contributed by atoms with Gasteiger partial charge >= 0.3 is 6.18 Å². The van der Waals surface area contributed by atoms with Crippen LogP contribution in [0.25, 0.3) is 0 Å². The SMILES string of the molecule is O=C(c1ccc(CS(=O)(=O)c2ccccc2)o1)N(Cc1ccc(C(F)(F)F)cc1)C1CC1. The Hall–Kier alpha value is -3.07. The lowest BCUT2D eigenvalue weighted by molar-refractivity contribution is -0.137. The Morgan fingerprint density at radius 2 is 1.62 bits per heavy atom. The number of hydrogen-bond donors (Lipinski definition) is 0. The third-order valence-electron chi connectivity index (χ3n) is 5.19. The standard InChI is InChI=1S/C23H20F3NO4S/c24-23(25,26)17-8-6-16(7-9-17)14-27(18-10-11-18)22(28)21-13-12-19(31-21)15-32(29,30)20-4-2-1-3-5-20/h1-9,12-13,18H,10-11,14-15H2. The van der Waals surface area contributed by atoms with Gasteiger partial charge in [-0.05, 0) is 54.8 Å². The second kappa shape index (κ2) is 8.46. The molecule has 0 radical (unpaired) electrons. The van der Waals surface area contributed by atoms with Gasteiger partial charge in [0.1, 0.15) is 11.5 Å². The summed E-state index contributed by atoms with van der Waals surface area (Å²) in [6.07, 6.45) is -2.83. The van der Waals surface area contributed by atoms with Crippen molar-refractivity contribution in [1.82, 2.24) is 4.90 Å². The van der Waals surface area contributed by atoms with Crippen molar-refractivity contribution in [1.29, 1.82) is 0 Å². The summed E-state index contributed by atoms with van der Waals surface area (Å²) in [6, 6.07) is 15.5. The van der Waals surface area contributed by atoms with Crippen LogP contribution in [-0.2, 0) is 28.3 Å². The van der Waals surface area contributed by atoms with Crippen LogP contribution in [0.2, 0.25) is 0 Å². The zero-order valence-electron chi connectivity index (χ0n) is 16.9. The van der Waals surface area contributed by atoms with E-state index in [1.165, 1.54) is 36.4 Å². The fourth-order valence-electron chi connectivity index (χ4n) is 3.36. The molecule has 0 N–H and O–H groups in total. The molecule has 0 unspecified atom stereocenters. The first-order valence-electron chi connectivity index (χ1n) is 9.97. The molecule has 9 heteroatoms. The smallest absolute Gasteiger partial charge is 0.416 e. The molecule has 2 aromatic carbocycles. The summed E-state index contributed by atoms with van der Waals surface area (Å²) in [5.74, 6) is -0.660. The molecule has 0 bridgehead atoms.